The number of carbonyl (C=O) groups excluding carboxylic acids is 1. The zero-order chi connectivity index (χ0) is 15.5. The number of hydrogen-bond acceptors (Lipinski definition) is 5. The molecule has 0 saturated heterocycles. The van der Waals surface area contributed by atoms with E-state index in [1.54, 1.807) is 14.2 Å². The maximum Gasteiger partial charge on any atom is 0.321 e. The third-order valence-electron chi connectivity index (χ3n) is 3.80. The second-order valence-corrected chi connectivity index (χ2v) is 6.30. The van der Waals surface area contributed by atoms with Gasteiger partial charge in [-0.25, -0.2) is 9.78 Å². The maximum absolute atomic E-state index is 12.0. The lowest BCUT2D eigenvalue weighted by molar-refractivity contribution is 0.248. The number of thiazole rings is 1. The Morgan fingerprint density at radius 2 is 1.91 bits per heavy atom. The molecule has 22 heavy (non-hydrogen) atoms. The van der Waals surface area contributed by atoms with E-state index in [1.807, 2.05) is 12.1 Å². The van der Waals surface area contributed by atoms with Crippen LogP contribution in [0.3, 0.4) is 0 Å². The monoisotopic (exact) mass is 321 g/mol. The van der Waals surface area contributed by atoms with Crippen LogP contribution >= 0.6 is 11.3 Å². The first kappa shape index (κ1) is 14.9. The molecule has 1 saturated carbocycles. The highest BCUT2D eigenvalue weighted by atomic mass is 32.1. The van der Waals surface area contributed by atoms with Crippen molar-refractivity contribution in [1.29, 1.82) is 0 Å². The SMILES string of the molecule is COc1cc2nc(NC(=O)NC3CCCC3)sc2cc1OC. The fourth-order valence-electron chi connectivity index (χ4n) is 2.70. The Hall–Kier alpha value is -2.02. The summed E-state index contributed by atoms with van der Waals surface area (Å²) in [5.41, 5.74) is 0.777. The zero-order valence-corrected chi connectivity index (χ0v) is 13.5. The van der Waals surface area contributed by atoms with Gasteiger partial charge in [0, 0.05) is 18.2 Å². The molecule has 1 fully saturated rings. The molecule has 0 aliphatic heterocycles. The number of nitrogens with zero attached hydrogens (tertiary/aromatic N) is 1. The van der Waals surface area contributed by atoms with E-state index in [9.17, 15) is 4.79 Å². The highest BCUT2D eigenvalue weighted by Crippen LogP contribution is 2.36. The lowest BCUT2D eigenvalue weighted by atomic mass is 10.3. The first-order valence-electron chi connectivity index (χ1n) is 7.29. The molecule has 118 valence electrons. The van der Waals surface area contributed by atoms with E-state index in [4.69, 9.17) is 9.47 Å². The Morgan fingerprint density at radius 1 is 1.23 bits per heavy atom. The van der Waals surface area contributed by atoms with Crippen molar-refractivity contribution in [2.24, 2.45) is 0 Å². The summed E-state index contributed by atoms with van der Waals surface area (Å²) in [6.07, 6.45) is 4.49. The van der Waals surface area contributed by atoms with Gasteiger partial charge < -0.3 is 14.8 Å². The summed E-state index contributed by atoms with van der Waals surface area (Å²) < 4.78 is 11.5. The topological polar surface area (TPSA) is 72.5 Å². The average molecular weight is 321 g/mol. The van der Waals surface area contributed by atoms with Gasteiger partial charge in [-0.05, 0) is 12.8 Å². The molecule has 1 heterocycles. The van der Waals surface area contributed by atoms with E-state index in [-0.39, 0.29) is 12.1 Å². The summed E-state index contributed by atoms with van der Waals surface area (Å²) in [5.74, 6) is 1.28. The second-order valence-electron chi connectivity index (χ2n) is 5.27. The molecule has 1 aromatic heterocycles. The van der Waals surface area contributed by atoms with Crippen LogP contribution in [0.1, 0.15) is 25.7 Å². The average Bonchev–Trinajstić information content (AvgIpc) is 3.13. The van der Waals surface area contributed by atoms with Crippen molar-refractivity contribution >= 4 is 32.7 Å². The number of anilines is 1. The van der Waals surface area contributed by atoms with Crippen molar-refractivity contribution in [3.8, 4) is 11.5 Å². The predicted molar refractivity (Wildman–Crippen MR) is 87.1 cm³/mol. The van der Waals surface area contributed by atoms with Crippen molar-refractivity contribution in [3.63, 3.8) is 0 Å². The molecule has 0 spiro atoms. The van der Waals surface area contributed by atoms with Gasteiger partial charge in [0.05, 0.1) is 24.4 Å². The van der Waals surface area contributed by atoms with Crippen LogP contribution < -0.4 is 20.1 Å². The minimum Gasteiger partial charge on any atom is -0.493 e. The number of carbonyl (C=O) groups is 1. The van der Waals surface area contributed by atoms with Crippen LogP contribution in [0.15, 0.2) is 12.1 Å². The summed E-state index contributed by atoms with van der Waals surface area (Å²) >= 11 is 1.41. The molecular formula is C15H19N3O3S. The normalized spacial score (nSPS) is 15.0. The summed E-state index contributed by atoms with van der Waals surface area (Å²) in [5, 5.41) is 6.36. The van der Waals surface area contributed by atoms with Gasteiger partial charge in [-0.1, -0.05) is 24.2 Å². The molecule has 7 heteroatoms. The Kier molecular flexibility index (Phi) is 4.33. The molecular weight excluding hydrogens is 302 g/mol. The number of nitrogens with one attached hydrogen (secondary N) is 2. The standard InChI is InChI=1S/C15H19N3O3S/c1-20-11-7-10-13(8-12(11)21-2)22-15(17-10)18-14(19)16-9-5-3-4-6-9/h7-9H,3-6H2,1-2H3,(H2,16,17,18,19). The van der Waals surface area contributed by atoms with Gasteiger partial charge >= 0.3 is 6.03 Å². The molecule has 3 rings (SSSR count). The number of methoxy groups -OCH3 is 2. The molecule has 6 nitrogen and oxygen atoms in total. The Balaban J connectivity index is 1.75. The molecule has 0 radical (unpaired) electrons. The minimum atomic E-state index is -0.190. The maximum atomic E-state index is 12.0. The van der Waals surface area contributed by atoms with Crippen molar-refractivity contribution in [3.05, 3.63) is 12.1 Å². The quantitative estimate of drug-likeness (QED) is 0.905. The number of aromatic nitrogens is 1. The summed E-state index contributed by atoms with van der Waals surface area (Å²) in [6.45, 7) is 0. The second kappa shape index (κ2) is 6.39. The van der Waals surface area contributed by atoms with Gasteiger partial charge in [-0.2, -0.15) is 0 Å². The smallest absolute Gasteiger partial charge is 0.321 e. The van der Waals surface area contributed by atoms with Crippen LogP contribution in [-0.2, 0) is 0 Å². The summed E-state index contributed by atoms with van der Waals surface area (Å²) in [7, 11) is 3.18. The first-order valence-corrected chi connectivity index (χ1v) is 8.11. The third-order valence-corrected chi connectivity index (χ3v) is 4.74. The molecule has 0 unspecified atom stereocenters. The minimum absolute atomic E-state index is 0.190. The lowest BCUT2D eigenvalue weighted by Crippen LogP contribution is -2.36. The largest absolute Gasteiger partial charge is 0.493 e. The number of ether oxygens (including phenoxy) is 2. The highest BCUT2D eigenvalue weighted by Gasteiger charge is 2.18. The lowest BCUT2D eigenvalue weighted by Gasteiger charge is -2.11. The van der Waals surface area contributed by atoms with Gasteiger partial charge in [0.15, 0.2) is 16.6 Å². The number of hydrogen-bond donors (Lipinski definition) is 2. The van der Waals surface area contributed by atoms with Crippen LogP contribution in [0, 0.1) is 0 Å². The van der Waals surface area contributed by atoms with Gasteiger partial charge in [0.2, 0.25) is 0 Å². The zero-order valence-electron chi connectivity index (χ0n) is 12.6. The first-order chi connectivity index (χ1) is 10.7. The third kappa shape index (κ3) is 3.09. The molecule has 1 aliphatic rings. The number of amides is 2. The number of fused-ring (bicyclic) bond motifs is 1. The van der Waals surface area contributed by atoms with Crippen LogP contribution in [0.4, 0.5) is 9.93 Å². The van der Waals surface area contributed by atoms with Crippen molar-refractivity contribution < 1.29 is 14.3 Å². The fourth-order valence-corrected chi connectivity index (χ4v) is 3.57. The summed E-state index contributed by atoms with van der Waals surface area (Å²) in [4.78, 5) is 16.4. The Labute approximate surface area is 132 Å². The van der Waals surface area contributed by atoms with Crippen LogP contribution in [0.2, 0.25) is 0 Å². The van der Waals surface area contributed by atoms with Crippen LogP contribution in [0.25, 0.3) is 10.2 Å². The van der Waals surface area contributed by atoms with Crippen molar-refractivity contribution in [2.45, 2.75) is 31.7 Å². The van der Waals surface area contributed by atoms with Crippen LogP contribution in [0.5, 0.6) is 11.5 Å². The molecule has 2 amide bonds. The van der Waals surface area contributed by atoms with E-state index in [0.717, 1.165) is 23.1 Å². The van der Waals surface area contributed by atoms with Crippen LogP contribution in [-0.4, -0.2) is 31.3 Å². The number of urea groups is 1. The van der Waals surface area contributed by atoms with E-state index < -0.39 is 0 Å². The predicted octanol–water partition coefficient (Wildman–Crippen LogP) is 3.38. The van der Waals surface area contributed by atoms with Crippen molar-refractivity contribution in [2.75, 3.05) is 19.5 Å². The highest BCUT2D eigenvalue weighted by molar-refractivity contribution is 7.22. The number of rotatable bonds is 4. The van der Waals surface area contributed by atoms with Crippen molar-refractivity contribution in [1.82, 2.24) is 10.3 Å². The molecule has 0 bridgehead atoms. The van der Waals surface area contributed by atoms with E-state index in [2.05, 4.69) is 15.6 Å². The van der Waals surface area contributed by atoms with E-state index >= 15 is 0 Å². The van der Waals surface area contributed by atoms with E-state index in [0.29, 0.717) is 16.6 Å². The number of benzene rings is 1. The molecule has 2 N–H and O–H groups in total. The fraction of sp³-hybridized carbons (Fsp3) is 0.467. The molecule has 1 aromatic carbocycles. The molecule has 1 aliphatic carbocycles. The molecule has 2 aromatic rings. The summed E-state index contributed by atoms with van der Waals surface area (Å²) in [6, 6.07) is 3.77. The Morgan fingerprint density at radius 3 is 2.59 bits per heavy atom. The van der Waals surface area contributed by atoms with Gasteiger partial charge in [-0.15, -0.1) is 0 Å². The Bertz CT molecular complexity index is 639. The van der Waals surface area contributed by atoms with E-state index in [1.165, 1.54) is 24.2 Å². The molecule has 0 atom stereocenters. The van der Waals surface area contributed by atoms with Gasteiger partial charge in [0.25, 0.3) is 0 Å². The van der Waals surface area contributed by atoms with Gasteiger partial charge in [0.1, 0.15) is 0 Å². The van der Waals surface area contributed by atoms with Gasteiger partial charge in [-0.3, -0.25) is 5.32 Å².